The maximum atomic E-state index is 5.08. The minimum Gasteiger partial charge on any atom is -0.309 e. The van der Waals surface area contributed by atoms with Crippen LogP contribution in [0.25, 0.3) is 67.0 Å². The second kappa shape index (κ2) is 11.5. The lowest BCUT2D eigenvalue weighted by molar-refractivity contribution is 0.999. The van der Waals surface area contributed by atoms with Crippen LogP contribution in [0, 0.1) is 0 Å². The number of hydrogen-bond acceptors (Lipinski definition) is 3. The SMILES string of the molecule is C1=CC(c2nc(-c3ccccc3)nc(-c3ccc(-c4ccc(-n5c6ccccc6c6ccccc65)cc4)c4c3CC=CC4)n2)=CCC1. The van der Waals surface area contributed by atoms with Crippen molar-refractivity contribution in [2.24, 2.45) is 0 Å². The van der Waals surface area contributed by atoms with Gasteiger partial charge in [-0.15, -0.1) is 0 Å². The summed E-state index contributed by atoms with van der Waals surface area (Å²) in [6, 6.07) is 41.1. The van der Waals surface area contributed by atoms with Gasteiger partial charge < -0.3 is 4.57 Å². The molecular weight excluding hydrogens is 573 g/mol. The van der Waals surface area contributed by atoms with E-state index in [1.807, 2.05) is 18.2 Å². The number of para-hydroxylation sites is 2. The summed E-state index contributed by atoms with van der Waals surface area (Å²) in [5, 5.41) is 2.55. The van der Waals surface area contributed by atoms with Crippen molar-refractivity contribution in [1.82, 2.24) is 19.5 Å². The normalized spacial score (nSPS) is 14.0. The largest absolute Gasteiger partial charge is 0.309 e. The minimum absolute atomic E-state index is 0.704. The summed E-state index contributed by atoms with van der Waals surface area (Å²) in [4.78, 5) is 15.1. The summed E-state index contributed by atoms with van der Waals surface area (Å²) in [6.07, 6.45) is 14.9. The fourth-order valence-corrected chi connectivity index (χ4v) is 7.15. The summed E-state index contributed by atoms with van der Waals surface area (Å²) in [5.74, 6) is 2.17. The molecule has 9 rings (SSSR count). The molecule has 0 atom stereocenters. The third-order valence-corrected chi connectivity index (χ3v) is 9.42. The van der Waals surface area contributed by atoms with E-state index >= 15 is 0 Å². The molecular formula is C43H32N4. The standard InChI is InChI=1S/C43H32N4/c1-3-13-30(14-4-1)41-44-42(31-15-5-2-6-16-31)46-43(45-41)38-28-27-33(34-17-7-8-18-35(34)38)29-23-25-32(26-24-29)47-39-21-11-9-19-36(39)37-20-10-12-22-40(37)47/h1,3-5,7-16,19-28H,2,6,17-18H2. The van der Waals surface area contributed by atoms with Gasteiger partial charge >= 0.3 is 0 Å². The van der Waals surface area contributed by atoms with Crippen LogP contribution < -0.4 is 0 Å². The molecule has 0 saturated carbocycles. The molecule has 2 heterocycles. The van der Waals surface area contributed by atoms with Crippen LogP contribution in [0.3, 0.4) is 0 Å². The van der Waals surface area contributed by atoms with Gasteiger partial charge in [-0.1, -0.05) is 121 Å². The van der Waals surface area contributed by atoms with E-state index in [0.717, 1.165) is 59.7 Å². The zero-order chi connectivity index (χ0) is 31.2. The van der Waals surface area contributed by atoms with E-state index in [0.29, 0.717) is 5.82 Å². The zero-order valence-corrected chi connectivity index (χ0v) is 26.0. The third-order valence-electron chi connectivity index (χ3n) is 9.42. The molecule has 0 saturated heterocycles. The van der Waals surface area contributed by atoms with Crippen LogP contribution in [0.2, 0.25) is 0 Å². The second-order valence-corrected chi connectivity index (χ2v) is 12.2. The van der Waals surface area contributed by atoms with Crippen LogP contribution in [-0.2, 0) is 12.8 Å². The maximum Gasteiger partial charge on any atom is 0.164 e. The highest BCUT2D eigenvalue weighted by atomic mass is 15.0. The Balaban J connectivity index is 1.15. The van der Waals surface area contributed by atoms with Crippen LogP contribution in [-0.4, -0.2) is 19.5 Å². The lowest BCUT2D eigenvalue weighted by Gasteiger charge is -2.20. The molecule has 2 aliphatic carbocycles. The summed E-state index contributed by atoms with van der Waals surface area (Å²) < 4.78 is 2.37. The van der Waals surface area contributed by atoms with Gasteiger partial charge in [-0.2, -0.15) is 0 Å². The number of aromatic nitrogens is 4. The van der Waals surface area contributed by atoms with Gasteiger partial charge in [0.1, 0.15) is 0 Å². The Morgan fingerprint density at radius 2 is 1.09 bits per heavy atom. The average molecular weight is 605 g/mol. The Morgan fingerprint density at radius 1 is 0.468 bits per heavy atom. The van der Waals surface area contributed by atoms with Crippen molar-refractivity contribution in [3.8, 4) is 39.6 Å². The number of benzene rings is 5. The molecule has 0 aliphatic heterocycles. The highest BCUT2D eigenvalue weighted by molar-refractivity contribution is 6.09. The van der Waals surface area contributed by atoms with Crippen LogP contribution in [0.15, 0.2) is 146 Å². The summed E-state index contributed by atoms with van der Waals surface area (Å²) in [6.45, 7) is 0. The molecule has 2 aliphatic rings. The molecule has 0 bridgehead atoms. The Morgan fingerprint density at radius 3 is 1.79 bits per heavy atom. The number of fused-ring (bicyclic) bond motifs is 4. The van der Waals surface area contributed by atoms with Crippen molar-refractivity contribution < 1.29 is 0 Å². The van der Waals surface area contributed by atoms with E-state index in [1.165, 1.54) is 44.1 Å². The first-order valence-corrected chi connectivity index (χ1v) is 16.4. The fraction of sp³-hybridized carbons (Fsp3) is 0.0930. The average Bonchev–Trinajstić information content (AvgIpc) is 3.49. The van der Waals surface area contributed by atoms with Crippen molar-refractivity contribution in [1.29, 1.82) is 0 Å². The van der Waals surface area contributed by atoms with Crippen LogP contribution in [0.5, 0.6) is 0 Å². The van der Waals surface area contributed by atoms with Crippen LogP contribution in [0.4, 0.5) is 0 Å². The molecule has 224 valence electrons. The molecule has 47 heavy (non-hydrogen) atoms. The molecule has 7 aromatic rings. The molecule has 5 aromatic carbocycles. The smallest absolute Gasteiger partial charge is 0.164 e. The van der Waals surface area contributed by atoms with E-state index in [1.54, 1.807) is 0 Å². The monoisotopic (exact) mass is 604 g/mol. The van der Waals surface area contributed by atoms with Crippen molar-refractivity contribution in [2.75, 3.05) is 0 Å². The Hall–Kier alpha value is -5.87. The Labute approximate surface area is 274 Å². The zero-order valence-electron chi connectivity index (χ0n) is 26.0. The lowest BCUT2D eigenvalue weighted by atomic mass is 9.85. The number of nitrogens with zero attached hydrogens (tertiary/aromatic N) is 4. The first kappa shape index (κ1) is 27.4. The van der Waals surface area contributed by atoms with Crippen LogP contribution >= 0.6 is 0 Å². The number of hydrogen-bond donors (Lipinski definition) is 0. The molecule has 4 nitrogen and oxygen atoms in total. The predicted molar refractivity (Wildman–Crippen MR) is 193 cm³/mol. The molecule has 0 amide bonds. The van der Waals surface area contributed by atoms with Crippen LogP contribution in [0.1, 0.15) is 29.8 Å². The van der Waals surface area contributed by atoms with Gasteiger partial charge in [-0.25, -0.2) is 15.0 Å². The molecule has 2 aromatic heterocycles. The summed E-state index contributed by atoms with van der Waals surface area (Å²) in [7, 11) is 0. The van der Waals surface area contributed by atoms with Crippen molar-refractivity contribution >= 4 is 27.4 Å². The topological polar surface area (TPSA) is 43.6 Å². The molecule has 0 fully saturated rings. The molecule has 0 N–H and O–H groups in total. The fourth-order valence-electron chi connectivity index (χ4n) is 7.15. The predicted octanol–water partition coefficient (Wildman–Crippen LogP) is 10.4. The molecule has 0 radical (unpaired) electrons. The lowest BCUT2D eigenvalue weighted by Crippen LogP contribution is -2.07. The number of rotatable bonds is 5. The highest BCUT2D eigenvalue weighted by Crippen LogP contribution is 2.38. The molecule has 0 unspecified atom stereocenters. The van der Waals surface area contributed by atoms with E-state index in [-0.39, 0.29) is 0 Å². The first-order chi connectivity index (χ1) is 23.3. The Kier molecular flexibility index (Phi) is 6.71. The van der Waals surface area contributed by atoms with Gasteiger partial charge in [-0.05, 0) is 72.2 Å². The minimum atomic E-state index is 0.704. The first-order valence-electron chi connectivity index (χ1n) is 16.4. The van der Waals surface area contributed by atoms with Crippen molar-refractivity contribution in [2.45, 2.75) is 25.7 Å². The third kappa shape index (κ3) is 4.81. The second-order valence-electron chi connectivity index (χ2n) is 12.2. The molecule has 0 spiro atoms. The van der Waals surface area contributed by atoms with E-state index in [9.17, 15) is 0 Å². The van der Waals surface area contributed by atoms with Crippen molar-refractivity contribution in [3.05, 3.63) is 163 Å². The van der Waals surface area contributed by atoms with E-state index in [2.05, 4.69) is 132 Å². The van der Waals surface area contributed by atoms with Gasteiger partial charge in [0.15, 0.2) is 17.5 Å². The van der Waals surface area contributed by atoms with Gasteiger partial charge in [0.25, 0.3) is 0 Å². The quantitative estimate of drug-likeness (QED) is 0.184. The summed E-state index contributed by atoms with van der Waals surface area (Å²) in [5.41, 5.74) is 11.8. The van der Waals surface area contributed by atoms with Gasteiger partial charge in [0.05, 0.1) is 11.0 Å². The summed E-state index contributed by atoms with van der Waals surface area (Å²) >= 11 is 0. The maximum absolute atomic E-state index is 5.08. The number of allylic oxidation sites excluding steroid dienone is 6. The van der Waals surface area contributed by atoms with E-state index < -0.39 is 0 Å². The molecule has 4 heteroatoms. The van der Waals surface area contributed by atoms with Gasteiger partial charge in [0, 0.05) is 33.2 Å². The van der Waals surface area contributed by atoms with Crippen molar-refractivity contribution in [3.63, 3.8) is 0 Å². The Bertz CT molecular complexity index is 2340. The van der Waals surface area contributed by atoms with E-state index in [4.69, 9.17) is 15.0 Å². The van der Waals surface area contributed by atoms with Gasteiger partial charge in [-0.3, -0.25) is 0 Å². The highest BCUT2D eigenvalue weighted by Gasteiger charge is 2.21. The van der Waals surface area contributed by atoms with Gasteiger partial charge in [0.2, 0.25) is 0 Å².